The number of rotatable bonds is 5. The molecule has 1 unspecified atom stereocenters. The van der Waals surface area contributed by atoms with Crippen molar-refractivity contribution in [3.05, 3.63) is 36.5 Å². The quantitative estimate of drug-likeness (QED) is 0.775. The van der Waals surface area contributed by atoms with Crippen LogP contribution >= 0.6 is 0 Å². The third-order valence-corrected chi connectivity index (χ3v) is 6.24. The zero-order valence-corrected chi connectivity index (χ0v) is 14.6. The van der Waals surface area contributed by atoms with Crippen LogP contribution in [0, 0.1) is 5.92 Å². The number of carbonyl (C=O) groups excluding carboxylic acids is 2. The van der Waals surface area contributed by atoms with Crippen molar-refractivity contribution in [2.24, 2.45) is 5.92 Å². The molecule has 1 aliphatic heterocycles. The van der Waals surface area contributed by atoms with Crippen LogP contribution in [0.2, 0.25) is 0 Å². The van der Waals surface area contributed by atoms with E-state index in [2.05, 4.69) is 10.9 Å². The van der Waals surface area contributed by atoms with Gasteiger partial charge in [0.2, 0.25) is 11.8 Å². The number of nitrogens with one attached hydrogen (secondary N) is 2. The first-order valence-electron chi connectivity index (χ1n) is 8.25. The predicted molar refractivity (Wildman–Crippen MR) is 94.2 cm³/mol. The van der Waals surface area contributed by atoms with Gasteiger partial charge in [-0.2, -0.15) is 0 Å². The van der Waals surface area contributed by atoms with E-state index < -0.39 is 9.84 Å². The van der Waals surface area contributed by atoms with Crippen LogP contribution < -0.4 is 10.9 Å². The monoisotopic (exact) mass is 363 g/mol. The lowest BCUT2D eigenvalue weighted by molar-refractivity contribution is -0.129. The van der Waals surface area contributed by atoms with Crippen molar-refractivity contribution in [2.45, 2.75) is 25.8 Å². The van der Waals surface area contributed by atoms with Crippen molar-refractivity contribution >= 4 is 32.6 Å². The Morgan fingerprint density at radius 2 is 1.88 bits per heavy atom. The number of hydrogen-bond acceptors (Lipinski definition) is 4. The molecule has 0 bridgehead atoms. The van der Waals surface area contributed by atoms with Gasteiger partial charge >= 0.3 is 0 Å². The number of benzene rings is 1. The number of para-hydroxylation sites is 1. The Balaban J connectivity index is 1.41. The molecule has 0 radical (unpaired) electrons. The van der Waals surface area contributed by atoms with Crippen molar-refractivity contribution in [1.82, 2.24) is 15.4 Å². The number of aromatic nitrogens is 1. The lowest BCUT2D eigenvalue weighted by Gasteiger charge is -2.10. The van der Waals surface area contributed by atoms with Gasteiger partial charge in [-0.15, -0.1) is 0 Å². The maximum atomic E-state index is 11.9. The van der Waals surface area contributed by atoms with Crippen molar-refractivity contribution in [2.75, 3.05) is 11.5 Å². The Morgan fingerprint density at radius 3 is 2.64 bits per heavy atom. The molecule has 0 spiro atoms. The number of aryl methyl sites for hydroxylation is 1. The molecule has 2 heterocycles. The van der Waals surface area contributed by atoms with E-state index in [0.29, 0.717) is 13.0 Å². The van der Waals surface area contributed by atoms with Gasteiger partial charge in [0.25, 0.3) is 0 Å². The van der Waals surface area contributed by atoms with Crippen molar-refractivity contribution < 1.29 is 18.0 Å². The van der Waals surface area contributed by atoms with Crippen molar-refractivity contribution in [3.63, 3.8) is 0 Å². The highest BCUT2D eigenvalue weighted by atomic mass is 32.2. The number of nitrogens with zero attached hydrogens (tertiary/aromatic N) is 1. The normalized spacial score (nSPS) is 19.0. The van der Waals surface area contributed by atoms with Crippen LogP contribution in [0.1, 0.15) is 19.3 Å². The van der Waals surface area contributed by atoms with Gasteiger partial charge in [-0.25, -0.2) is 8.42 Å². The van der Waals surface area contributed by atoms with E-state index >= 15 is 0 Å². The molecule has 1 aliphatic rings. The minimum atomic E-state index is -2.99. The minimum Gasteiger partial charge on any atom is -0.347 e. The van der Waals surface area contributed by atoms with E-state index in [1.165, 1.54) is 0 Å². The predicted octanol–water partition coefficient (Wildman–Crippen LogP) is 1.00. The standard InChI is InChI=1S/C17H21N3O4S/c21-16(6-9-20-8-5-14-3-1-2-4-15(14)20)18-19-17(22)11-13-7-10-25(23,24)12-13/h1-5,8,13H,6-7,9-12H2,(H,18,21)(H,19,22). The fraction of sp³-hybridized carbons (Fsp3) is 0.412. The molecular weight excluding hydrogens is 342 g/mol. The lowest BCUT2D eigenvalue weighted by atomic mass is 10.1. The lowest BCUT2D eigenvalue weighted by Crippen LogP contribution is -2.42. The number of carbonyl (C=O) groups is 2. The molecule has 7 nitrogen and oxygen atoms in total. The number of hydrazine groups is 1. The van der Waals surface area contributed by atoms with Crippen LogP contribution in [0.3, 0.4) is 0 Å². The summed E-state index contributed by atoms with van der Waals surface area (Å²) in [5.41, 5.74) is 5.80. The second-order valence-corrected chi connectivity index (χ2v) is 8.62. The van der Waals surface area contributed by atoms with Gasteiger partial charge < -0.3 is 4.57 Å². The maximum Gasteiger partial charge on any atom is 0.240 e. The molecule has 25 heavy (non-hydrogen) atoms. The second kappa shape index (κ2) is 7.26. The number of fused-ring (bicyclic) bond motifs is 1. The summed E-state index contributed by atoms with van der Waals surface area (Å²) in [6.07, 6.45) is 2.78. The average Bonchev–Trinajstić information content (AvgIpc) is 3.14. The molecule has 8 heteroatoms. The molecule has 1 aromatic heterocycles. The summed E-state index contributed by atoms with van der Waals surface area (Å²) in [6.45, 7) is 0.510. The zero-order chi connectivity index (χ0) is 17.9. The molecule has 2 amide bonds. The van der Waals surface area contributed by atoms with Crippen LogP contribution in [-0.4, -0.2) is 36.3 Å². The van der Waals surface area contributed by atoms with Crippen LogP contribution in [0.25, 0.3) is 10.9 Å². The fourth-order valence-electron chi connectivity index (χ4n) is 3.11. The topological polar surface area (TPSA) is 97.3 Å². The highest BCUT2D eigenvalue weighted by molar-refractivity contribution is 7.91. The molecule has 1 fully saturated rings. The largest absolute Gasteiger partial charge is 0.347 e. The molecule has 1 atom stereocenters. The van der Waals surface area contributed by atoms with E-state index in [-0.39, 0.29) is 42.1 Å². The first-order valence-corrected chi connectivity index (χ1v) is 10.1. The van der Waals surface area contributed by atoms with Gasteiger partial charge in [0, 0.05) is 31.1 Å². The molecule has 134 valence electrons. The third-order valence-electron chi connectivity index (χ3n) is 4.40. The average molecular weight is 363 g/mol. The summed E-state index contributed by atoms with van der Waals surface area (Å²) in [4.78, 5) is 23.7. The highest BCUT2D eigenvalue weighted by Crippen LogP contribution is 2.21. The summed E-state index contributed by atoms with van der Waals surface area (Å²) in [5, 5.41) is 1.11. The second-order valence-electron chi connectivity index (χ2n) is 6.39. The van der Waals surface area contributed by atoms with E-state index in [1.54, 1.807) is 0 Å². The van der Waals surface area contributed by atoms with Gasteiger partial charge in [-0.1, -0.05) is 18.2 Å². The highest BCUT2D eigenvalue weighted by Gasteiger charge is 2.29. The van der Waals surface area contributed by atoms with Gasteiger partial charge in [0.1, 0.15) is 0 Å². The SMILES string of the molecule is O=C(CCn1ccc2ccccc21)NNC(=O)CC1CCS(=O)(=O)C1. The van der Waals surface area contributed by atoms with Crippen LogP contribution in [-0.2, 0) is 26.0 Å². The number of sulfone groups is 1. The molecule has 2 aromatic rings. The Hall–Kier alpha value is -2.35. The number of hydrogen-bond donors (Lipinski definition) is 2. The van der Waals surface area contributed by atoms with Gasteiger partial charge in [-0.05, 0) is 29.9 Å². The molecule has 0 aliphatic carbocycles. The molecular formula is C17H21N3O4S. The Kier molecular flexibility index (Phi) is 5.08. The summed E-state index contributed by atoms with van der Waals surface area (Å²) in [5.74, 6) is -0.614. The number of amides is 2. The Labute approximate surface area is 146 Å². The Morgan fingerprint density at radius 1 is 1.12 bits per heavy atom. The van der Waals surface area contributed by atoms with E-state index in [4.69, 9.17) is 0 Å². The fourth-order valence-corrected chi connectivity index (χ4v) is 4.97. The van der Waals surface area contributed by atoms with Gasteiger partial charge in [0.05, 0.1) is 11.5 Å². The first kappa shape index (κ1) is 17.5. The molecule has 1 saturated heterocycles. The van der Waals surface area contributed by atoms with E-state index in [9.17, 15) is 18.0 Å². The van der Waals surface area contributed by atoms with E-state index in [0.717, 1.165) is 10.9 Å². The smallest absolute Gasteiger partial charge is 0.240 e. The van der Waals surface area contributed by atoms with Crippen LogP contribution in [0.15, 0.2) is 36.5 Å². The van der Waals surface area contributed by atoms with Crippen LogP contribution in [0.4, 0.5) is 0 Å². The van der Waals surface area contributed by atoms with Gasteiger partial charge in [-0.3, -0.25) is 20.4 Å². The summed E-state index contributed by atoms with van der Waals surface area (Å²) in [6, 6.07) is 9.90. The molecule has 3 rings (SSSR count). The molecule has 0 saturated carbocycles. The van der Waals surface area contributed by atoms with Crippen LogP contribution in [0.5, 0.6) is 0 Å². The molecule has 1 aromatic carbocycles. The summed E-state index contributed by atoms with van der Waals surface area (Å²) >= 11 is 0. The van der Waals surface area contributed by atoms with E-state index in [1.807, 2.05) is 41.1 Å². The first-order chi connectivity index (χ1) is 11.9. The zero-order valence-electron chi connectivity index (χ0n) is 13.8. The maximum absolute atomic E-state index is 11.9. The third kappa shape index (κ3) is 4.60. The van der Waals surface area contributed by atoms with Crippen molar-refractivity contribution in [1.29, 1.82) is 0 Å². The summed E-state index contributed by atoms with van der Waals surface area (Å²) in [7, 11) is -2.99. The Bertz CT molecular complexity index is 888. The van der Waals surface area contributed by atoms with Crippen molar-refractivity contribution in [3.8, 4) is 0 Å². The summed E-state index contributed by atoms with van der Waals surface area (Å²) < 4.78 is 24.7. The minimum absolute atomic E-state index is 0.0507. The molecule has 2 N–H and O–H groups in total. The van der Waals surface area contributed by atoms with Gasteiger partial charge in [0.15, 0.2) is 9.84 Å².